The van der Waals surface area contributed by atoms with E-state index < -0.39 is 18.0 Å². The molecule has 8 heteroatoms. The summed E-state index contributed by atoms with van der Waals surface area (Å²) in [6, 6.07) is 13.5. The Bertz CT molecular complexity index is 868. The summed E-state index contributed by atoms with van der Waals surface area (Å²) in [5, 5.41) is 12.6. The molecule has 1 amide bonds. The number of thioether (sulfide) groups is 1. The number of halogens is 2. The van der Waals surface area contributed by atoms with Gasteiger partial charge in [0.1, 0.15) is 6.07 Å². The third kappa shape index (κ3) is 5.67. The first-order chi connectivity index (χ1) is 12.4. The lowest BCUT2D eigenvalue weighted by atomic mass is 10.2. The molecule has 0 aliphatic rings. The maximum atomic E-state index is 12.1. The van der Waals surface area contributed by atoms with Gasteiger partial charge in [-0.05, 0) is 37.3 Å². The highest BCUT2D eigenvalue weighted by Crippen LogP contribution is 2.29. The number of nitriles is 1. The van der Waals surface area contributed by atoms with E-state index in [1.54, 1.807) is 42.5 Å². The van der Waals surface area contributed by atoms with E-state index in [0.717, 1.165) is 0 Å². The van der Waals surface area contributed by atoms with Crippen molar-refractivity contribution in [1.82, 2.24) is 0 Å². The van der Waals surface area contributed by atoms with E-state index in [1.807, 2.05) is 6.07 Å². The molecule has 26 heavy (non-hydrogen) atoms. The summed E-state index contributed by atoms with van der Waals surface area (Å²) in [4.78, 5) is 24.7. The Hall–Kier alpha value is -2.20. The van der Waals surface area contributed by atoms with Crippen LogP contribution in [0.5, 0.6) is 0 Å². The van der Waals surface area contributed by atoms with Crippen molar-refractivity contribution in [2.24, 2.45) is 0 Å². The lowest BCUT2D eigenvalue weighted by Gasteiger charge is -2.14. The third-order valence-electron chi connectivity index (χ3n) is 3.22. The summed E-state index contributed by atoms with van der Waals surface area (Å²) in [6.45, 7) is 1.46. The fourth-order valence-corrected chi connectivity index (χ4v) is 3.21. The first-order valence-electron chi connectivity index (χ1n) is 7.48. The molecule has 0 aliphatic heterocycles. The number of hydrogen-bond donors (Lipinski definition) is 1. The average Bonchev–Trinajstić information content (AvgIpc) is 2.62. The molecule has 0 radical (unpaired) electrons. The molecule has 0 aromatic heterocycles. The number of esters is 1. The van der Waals surface area contributed by atoms with Crippen molar-refractivity contribution in [1.29, 1.82) is 5.26 Å². The number of carbonyl (C=O) groups is 2. The first kappa shape index (κ1) is 20.1. The fourth-order valence-electron chi connectivity index (χ4n) is 1.93. The molecule has 2 rings (SSSR count). The molecule has 0 saturated carbocycles. The zero-order valence-corrected chi connectivity index (χ0v) is 16.0. The summed E-state index contributed by atoms with van der Waals surface area (Å²) in [6.07, 6.45) is -1.01. The number of ether oxygens (including phenoxy) is 1. The van der Waals surface area contributed by atoms with Gasteiger partial charge in [0.25, 0.3) is 5.91 Å². The van der Waals surface area contributed by atoms with Gasteiger partial charge >= 0.3 is 5.97 Å². The van der Waals surface area contributed by atoms with Crippen molar-refractivity contribution in [3.8, 4) is 6.07 Å². The standard InChI is InChI=1S/C18H14Cl2N2O3S/c1-11(18(24)22-15-5-3-2-4-12(15)9-21)25-17(23)10-26-16-8-13(19)6-7-14(16)20/h2-8,11H,10H2,1H3,(H,22,24). The zero-order chi connectivity index (χ0) is 19.1. The fraction of sp³-hybridized carbons (Fsp3) is 0.167. The predicted octanol–water partition coefficient (Wildman–Crippen LogP) is 4.53. The Morgan fingerprint density at radius 2 is 2.00 bits per heavy atom. The summed E-state index contributed by atoms with van der Waals surface area (Å²) >= 11 is 13.1. The van der Waals surface area contributed by atoms with Crippen molar-refractivity contribution < 1.29 is 14.3 Å². The maximum Gasteiger partial charge on any atom is 0.317 e. The van der Waals surface area contributed by atoms with Gasteiger partial charge in [-0.25, -0.2) is 0 Å². The quantitative estimate of drug-likeness (QED) is 0.560. The predicted molar refractivity (Wildman–Crippen MR) is 103 cm³/mol. The third-order valence-corrected chi connectivity index (χ3v) is 4.93. The second-order valence-corrected chi connectivity index (χ2v) is 7.00. The second-order valence-electron chi connectivity index (χ2n) is 5.14. The summed E-state index contributed by atoms with van der Waals surface area (Å²) in [5.41, 5.74) is 0.688. The highest BCUT2D eigenvalue weighted by molar-refractivity contribution is 8.00. The van der Waals surface area contributed by atoms with Crippen LogP contribution < -0.4 is 5.32 Å². The van der Waals surface area contributed by atoms with Gasteiger partial charge in [-0.15, -0.1) is 11.8 Å². The van der Waals surface area contributed by atoms with E-state index in [-0.39, 0.29) is 5.75 Å². The monoisotopic (exact) mass is 408 g/mol. The Labute approximate surface area is 165 Å². The topological polar surface area (TPSA) is 79.2 Å². The number of carbonyl (C=O) groups excluding carboxylic acids is 2. The second kappa shape index (κ2) is 9.48. The lowest BCUT2D eigenvalue weighted by molar-refractivity contribution is -0.150. The van der Waals surface area contributed by atoms with E-state index in [2.05, 4.69) is 5.32 Å². The van der Waals surface area contributed by atoms with Crippen molar-refractivity contribution in [3.05, 3.63) is 58.1 Å². The van der Waals surface area contributed by atoms with E-state index in [4.69, 9.17) is 33.2 Å². The number of benzene rings is 2. The number of rotatable bonds is 6. The number of nitrogens with one attached hydrogen (secondary N) is 1. The molecule has 0 heterocycles. The van der Waals surface area contributed by atoms with Gasteiger partial charge in [0, 0.05) is 9.92 Å². The van der Waals surface area contributed by atoms with E-state index in [0.29, 0.717) is 26.2 Å². The van der Waals surface area contributed by atoms with Gasteiger partial charge in [0.05, 0.1) is 22.0 Å². The summed E-state index contributed by atoms with van der Waals surface area (Å²) in [5.74, 6) is -1.11. The van der Waals surface area contributed by atoms with Gasteiger partial charge < -0.3 is 10.1 Å². The molecule has 1 atom stereocenters. The van der Waals surface area contributed by atoms with Gasteiger partial charge in [-0.2, -0.15) is 5.26 Å². The van der Waals surface area contributed by atoms with Crippen LogP contribution in [-0.2, 0) is 14.3 Å². The normalized spacial score (nSPS) is 11.3. The molecule has 0 spiro atoms. The molecule has 1 unspecified atom stereocenters. The largest absolute Gasteiger partial charge is 0.452 e. The summed E-state index contributed by atoms with van der Waals surface area (Å²) < 4.78 is 5.12. The zero-order valence-electron chi connectivity index (χ0n) is 13.7. The van der Waals surface area contributed by atoms with Crippen LogP contribution in [-0.4, -0.2) is 23.7 Å². The van der Waals surface area contributed by atoms with Gasteiger partial charge in [0.15, 0.2) is 6.10 Å². The number of nitrogens with zero attached hydrogens (tertiary/aromatic N) is 1. The first-order valence-corrected chi connectivity index (χ1v) is 9.22. The smallest absolute Gasteiger partial charge is 0.317 e. The summed E-state index contributed by atoms with van der Waals surface area (Å²) in [7, 11) is 0. The molecular formula is C18H14Cl2N2O3S. The molecule has 0 bridgehead atoms. The molecule has 1 N–H and O–H groups in total. The van der Waals surface area contributed by atoms with Crippen LogP contribution in [0.4, 0.5) is 5.69 Å². The number of hydrogen-bond acceptors (Lipinski definition) is 5. The molecule has 5 nitrogen and oxygen atoms in total. The van der Waals surface area contributed by atoms with Crippen LogP contribution in [0, 0.1) is 11.3 Å². The highest BCUT2D eigenvalue weighted by atomic mass is 35.5. The molecule has 0 aliphatic carbocycles. The van der Waals surface area contributed by atoms with E-state index in [1.165, 1.54) is 18.7 Å². The number of amides is 1. The van der Waals surface area contributed by atoms with E-state index >= 15 is 0 Å². The van der Waals surface area contributed by atoms with Crippen LogP contribution in [0.2, 0.25) is 10.0 Å². The molecule has 0 fully saturated rings. The molecule has 134 valence electrons. The van der Waals surface area contributed by atoms with Crippen LogP contribution in [0.1, 0.15) is 12.5 Å². The Kier molecular flexibility index (Phi) is 7.34. The van der Waals surface area contributed by atoms with Crippen LogP contribution in [0.3, 0.4) is 0 Å². The van der Waals surface area contributed by atoms with Gasteiger partial charge in [0.2, 0.25) is 0 Å². The van der Waals surface area contributed by atoms with Gasteiger partial charge in [-0.3, -0.25) is 9.59 Å². The molecule has 0 saturated heterocycles. The van der Waals surface area contributed by atoms with Crippen LogP contribution in [0.25, 0.3) is 0 Å². The van der Waals surface area contributed by atoms with Crippen molar-refractivity contribution in [2.75, 3.05) is 11.1 Å². The molecule has 2 aromatic rings. The van der Waals surface area contributed by atoms with Crippen LogP contribution >= 0.6 is 35.0 Å². The Morgan fingerprint density at radius 1 is 1.27 bits per heavy atom. The highest BCUT2D eigenvalue weighted by Gasteiger charge is 2.19. The minimum Gasteiger partial charge on any atom is -0.452 e. The van der Waals surface area contributed by atoms with Crippen molar-refractivity contribution in [2.45, 2.75) is 17.9 Å². The number of para-hydroxylation sites is 1. The van der Waals surface area contributed by atoms with Crippen LogP contribution in [0.15, 0.2) is 47.4 Å². The minimum absolute atomic E-state index is 0.0214. The van der Waals surface area contributed by atoms with E-state index in [9.17, 15) is 9.59 Å². The molecule has 2 aromatic carbocycles. The van der Waals surface area contributed by atoms with Crippen molar-refractivity contribution >= 4 is 52.5 Å². The SMILES string of the molecule is CC(OC(=O)CSc1cc(Cl)ccc1Cl)C(=O)Nc1ccccc1C#N. The minimum atomic E-state index is -1.01. The van der Waals surface area contributed by atoms with Gasteiger partial charge in [-0.1, -0.05) is 35.3 Å². The lowest BCUT2D eigenvalue weighted by Crippen LogP contribution is -2.30. The molecular weight excluding hydrogens is 395 g/mol. The Morgan fingerprint density at radius 3 is 2.73 bits per heavy atom. The Balaban J connectivity index is 1.89. The number of anilines is 1. The average molecular weight is 409 g/mol. The van der Waals surface area contributed by atoms with Crippen molar-refractivity contribution in [3.63, 3.8) is 0 Å². The maximum absolute atomic E-state index is 12.1.